The van der Waals surface area contributed by atoms with Gasteiger partial charge in [-0.2, -0.15) is 0 Å². The summed E-state index contributed by atoms with van der Waals surface area (Å²) in [5.41, 5.74) is 0. The summed E-state index contributed by atoms with van der Waals surface area (Å²) in [5, 5.41) is 6.47. The Balaban J connectivity index is 2.21. The predicted molar refractivity (Wildman–Crippen MR) is 71.9 cm³/mol. The van der Waals surface area contributed by atoms with Gasteiger partial charge in [-0.05, 0) is 32.2 Å². The quantitative estimate of drug-likeness (QED) is 0.749. The zero-order chi connectivity index (χ0) is 12.7. The van der Waals surface area contributed by atoms with Crippen LogP contribution in [0.25, 0.3) is 0 Å². The van der Waals surface area contributed by atoms with Gasteiger partial charge >= 0.3 is 0 Å². The highest BCUT2D eigenvalue weighted by molar-refractivity contribution is 5.81. The number of carbonyl (C=O) groups is 1. The average molecular weight is 240 g/mol. The average Bonchev–Trinajstić information content (AvgIpc) is 2.36. The molecule has 1 aliphatic rings. The van der Waals surface area contributed by atoms with E-state index < -0.39 is 0 Å². The van der Waals surface area contributed by atoms with Crippen LogP contribution < -0.4 is 10.6 Å². The van der Waals surface area contributed by atoms with Gasteiger partial charge in [0.1, 0.15) is 0 Å². The largest absolute Gasteiger partial charge is 0.352 e. The second-order valence-electron chi connectivity index (χ2n) is 5.49. The summed E-state index contributed by atoms with van der Waals surface area (Å²) in [6.45, 7) is 7.27. The van der Waals surface area contributed by atoms with Crippen LogP contribution >= 0.6 is 0 Å². The Morgan fingerprint density at radius 2 is 1.88 bits per heavy atom. The summed E-state index contributed by atoms with van der Waals surface area (Å²) >= 11 is 0. The molecule has 0 spiro atoms. The van der Waals surface area contributed by atoms with Gasteiger partial charge in [-0.15, -0.1) is 0 Å². The first kappa shape index (κ1) is 14.5. The molecule has 1 saturated carbocycles. The summed E-state index contributed by atoms with van der Waals surface area (Å²) in [5.74, 6) is 0.806. The molecule has 0 aliphatic heterocycles. The van der Waals surface area contributed by atoms with Crippen molar-refractivity contribution in [2.75, 3.05) is 6.54 Å². The number of carbonyl (C=O) groups excluding carboxylic acids is 1. The van der Waals surface area contributed by atoms with Crippen LogP contribution in [-0.2, 0) is 4.79 Å². The third-order valence-electron chi connectivity index (χ3n) is 3.81. The number of hydrogen-bond acceptors (Lipinski definition) is 2. The smallest absolute Gasteiger partial charge is 0.237 e. The molecule has 3 nitrogen and oxygen atoms in total. The minimum absolute atomic E-state index is 0.0640. The fraction of sp³-hybridized carbons (Fsp3) is 0.929. The van der Waals surface area contributed by atoms with E-state index in [-0.39, 0.29) is 11.9 Å². The van der Waals surface area contributed by atoms with Crippen molar-refractivity contribution in [2.45, 2.75) is 71.4 Å². The number of hydrogen-bond donors (Lipinski definition) is 2. The van der Waals surface area contributed by atoms with E-state index in [4.69, 9.17) is 0 Å². The molecule has 0 radical (unpaired) electrons. The van der Waals surface area contributed by atoms with E-state index in [0.29, 0.717) is 12.0 Å². The van der Waals surface area contributed by atoms with Gasteiger partial charge < -0.3 is 10.6 Å². The van der Waals surface area contributed by atoms with Crippen LogP contribution in [0.4, 0.5) is 0 Å². The van der Waals surface area contributed by atoms with Crippen molar-refractivity contribution in [1.82, 2.24) is 10.6 Å². The normalized spacial score (nSPS) is 20.9. The number of rotatable bonds is 6. The first-order valence-corrected chi connectivity index (χ1v) is 7.17. The second kappa shape index (κ2) is 7.70. The molecule has 1 rings (SSSR count). The maximum absolute atomic E-state index is 11.9. The number of nitrogens with one attached hydrogen (secondary N) is 2. The Labute approximate surface area is 106 Å². The van der Waals surface area contributed by atoms with E-state index in [1.165, 1.54) is 19.3 Å². The van der Waals surface area contributed by atoms with Gasteiger partial charge in [0.05, 0.1) is 6.04 Å². The topological polar surface area (TPSA) is 41.1 Å². The van der Waals surface area contributed by atoms with Gasteiger partial charge in [0.25, 0.3) is 0 Å². The molecule has 2 unspecified atom stereocenters. The highest BCUT2D eigenvalue weighted by atomic mass is 16.2. The minimum atomic E-state index is -0.0640. The predicted octanol–water partition coefficient (Wildman–Crippen LogP) is 2.46. The van der Waals surface area contributed by atoms with Crippen molar-refractivity contribution in [2.24, 2.45) is 5.92 Å². The van der Waals surface area contributed by atoms with Crippen LogP contribution in [0.2, 0.25) is 0 Å². The molecule has 1 fully saturated rings. The van der Waals surface area contributed by atoms with Gasteiger partial charge in [0.2, 0.25) is 5.91 Å². The second-order valence-corrected chi connectivity index (χ2v) is 5.49. The van der Waals surface area contributed by atoms with E-state index in [0.717, 1.165) is 25.8 Å². The van der Waals surface area contributed by atoms with E-state index in [1.807, 2.05) is 6.92 Å². The van der Waals surface area contributed by atoms with Gasteiger partial charge in [0, 0.05) is 6.04 Å². The molecule has 0 aromatic carbocycles. The molecule has 100 valence electrons. The van der Waals surface area contributed by atoms with E-state index in [2.05, 4.69) is 24.5 Å². The molecule has 1 amide bonds. The molecule has 17 heavy (non-hydrogen) atoms. The van der Waals surface area contributed by atoms with Gasteiger partial charge in [-0.25, -0.2) is 0 Å². The fourth-order valence-electron chi connectivity index (χ4n) is 2.19. The monoisotopic (exact) mass is 240 g/mol. The molecule has 3 heteroatoms. The van der Waals surface area contributed by atoms with Crippen LogP contribution in [0.5, 0.6) is 0 Å². The van der Waals surface area contributed by atoms with Crippen LogP contribution in [0.15, 0.2) is 0 Å². The van der Waals surface area contributed by atoms with Crippen molar-refractivity contribution in [3.05, 3.63) is 0 Å². The molecular weight excluding hydrogens is 212 g/mol. The van der Waals surface area contributed by atoms with Gasteiger partial charge in [-0.1, -0.05) is 39.5 Å². The first-order valence-electron chi connectivity index (χ1n) is 7.17. The molecule has 1 aliphatic carbocycles. The third kappa shape index (κ3) is 5.53. The first-order chi connectivity index (χ1) is 8.13. The third-order valence-corrected chi connectivity index (χ3v) is 3.81. The highest BCUT2D eigenvalue weighted by Crippen LogP contribution is 2.17. The standard InChI is InChI=1S/C14H28N2O/c1-4-11(2)10-15-12(3)14(17)16-13-8-6-5-7-9-13/h11-13,15H,4-10H2,1-3H3,(H,16,17). The summed E-state index contributed by atoms with van der Waals surface area (Å²) in [4.78, 5) is 11.9. The molecule has 0 aromatic heterocycles. The molecule has 0 heterocycles. The molecule has 2 atom stereocenters. The summed E-state index contributed by atoms with van der Waals surface area (Å²) in [6.07, 6.45) is 7.32. The Hall–Kier alpha value is -0.570. The Kier molecular flexibility index (Phi) is 6.56. The van der Waals surface area contributed by atoms with Crippen LogP contribution in [0.1, 0.15) is 59.3 Å². The van der Waals surface area contributed by atoms with Crippen molar-refractivity contribution in [3.8, 4) is 0 Å². The molecule has 0 saturated heterocycles. The van der Waals surface area contributed by atoms with Crippen LogP contribution in [0, 0.1) is 5.92 Å². The lowest BCUT2D eigenvalue weighted by Crippen LogP contribution is -2.47. The Bertz CT molecular complexity index is 224. The van der Waals surface area contributed by atoms with Crippen molar-refractivity contribution in [3.63, 3.8) is 0 Å². The summed E-state index contributed by atoms with van der Waals surface area (Å²) in [6, 6.07) is 0.357. The lowest BCUT2D eigenvalue weighted by atomic mass is 9.95. The highest BCUT2D eigenvalue weighted by Gasteiger charge is 2.19. The van der Waals surface area contributed by atoms with Crippen molar-refractivity contribution < 1.29 is 4.79 Å². The van der Waals surface area contributed by atoms with Crippen molar-refractivity contribution in [1.29, 1.82) is 0 Å². The molecular formula is C14H28N2O. The maximum atomic E-state index is 11.9. The molecule has 2 N–H and O–H groups in total. The van der Waals surface area contributed by atoms with Gasteiger partial charge in [0.15, 0.2) is 0 Å². The maximum Gasteiger partial charge on any atom is 0.237 e. The minimum Gasteiger partial charge on any atom is -0.352 e. The Morgan fingerprint density at radius 1 is 1.24 bits per heavy atom. The fourth-order valence-corrected chi connectivity index (χ4v) is 2.19. The summed E-state index contributed by atoms with van der Waals surface area (Å²) < 4.78 is 0. The zero-order valence-electron chi connectivity index (χ0n) is 11.6. The van der Waals surface area contributed by atoms with Crippen molar-refractivity contribution >= 4 is 5.91 Å². The SMILES string of the molecule is CCC(C)CNC(C)C(=O)NC1CCCCC1. The molecule has 0 bridgehead atoms. The summed E-state index contributed by atoms with van der Waals surface area (Å²) in [7, 11) is 0. The Morgan fingerprint density at radius 3 is 2.47 bits per heavy atom. The van der Waals surface area contributed by atoms with Crippen LogP contribution in [0.3, 0.4) is 0 Å². The number of amides is 1. The molecule has 0 aromatic rings. The zero-order valence-corrected chi connectivity index (χ0v) is 11.6. The lowest BCUT2D eigenvalue weighted by molar-refractivity contribution is -0.123. The van der Waals surface area contributed by atoms with E-state index in [1.54, 1.807) is 0 Å². The van der Waals surface area contributed by atoms with Crippen LogP contribution in [-0.4, -0.2) is 24.5 Å². The van der Waals surface area contributed by atoms with Gasteiger partial charge in [-0.3, -0.25) is 4.79 Å². The van der Waals surface area contributed by atoms with E-state index in [9.17, 15) is 4.79 Å². The van der Waals surface area contributed by atoms with E-state index >= 15 is 0 Å². The lowest BCUT2D eigenvalue weighted by Gasteiger charge is -2.25.